The summed E-state index contributed by atoms with van der Waals surface area (Å²) in [5.74, 6) is -1.87. The van der Waals surface area contributed by atoms with Crippen molar-refractivity contribution >= 4 is 23.8 Å². The SMILES string of the molecule is CC(C)(C)OC(=O)N[C@H]1CCCCC/C=C\[C@@H]2C[C@@]2(C(=O)NCC(O)(CF)CF)NC(=O)[C@@H]2CCCN2C1=O. The first-order chi connectivity index (χ1) is 18.3. The number of allylic oxidation sites excluding steroid dienone is 1. The molecule has 0 aromatic heterocycles. The van der Waals surface area contributed by atoms with Crippen LogP contribution in [-0.2, 0) is 19.1 Å². The molecule has 0 radical (unpaired) electrons. The van der Waals surface area contributed by atoms with Gasteiger partial charge in [0.2, 0.25) is 17.7 Å². The molecule has 12 heteroatoms. The van der Waals surface area contributed by atoms with Crippen molar-refractivity contribution in [1.29, 1.82) is 0 Å². The highest BCUT2D eigenvalue weighted by Gasteiger charge is 2.60. The number of carbonyl (C=O) groups excluding carboxylic acids is 4. The molecule has 4 N–H and O–H groups in total. The number of aliphatic hydroxyl groups is 1. The van der Waals surface area contributed by atoms with Crippen molar-refractivity contribution in [3.8, 4) is 0 Å². The molecule has 3 rings (SSSR count). The molecule has 220 valence electrons. The number of alkyl halides is 2. The summed E-state index contributed by atoms with van der Waals surface area (Å²) in [6.07, 6.45) is 7.78. The number of carbonyl (C=O) groups is 4. The zero-order valence-corrected chi connectivity index (χ0v) is 23.1. The van der Waals surface area contributed by atoms with Gasteiger partial charge in [-0.25, -0.2) is 13.6 Å². The second-order valence-electron chi connectivity index (χ2n) is 11.9. The molecule has 0 bridgehead atoms. The quantitative estimate of drug-likeness (QED) is 0.370. The molecule has 1 saturated heterocycles. The van der Waals surface area contributed by atoms with E-state index in [1.54, 1.807) is 20.8 Å². The molecular weight excluding hydrogens is 514 g/mol. The second kappa shape index (κ2) is 12.6. The first kappa shape index (κ1) is 30.8. The van der Waals surface area contributed by atoms with E-state index in [1.165, 1.54) is 4.90 Å². The number of nitrogens with one attached hydrogen (secondary N) is 3. The fourth-order valence-corrected chi connectivity index (χ4v) is 5.08. The highest BCUT2D eigenvalue weighted by molar-refractivity contribution is 5.98. The van der Waals surface area contributed by atoms with Crippen LogP contribution in [0.3, 0.4) is 0 Å². The molecule has 2 aliphatic heterocycles. The third-order valence-electron chi connectivity index (χ3n) is 7.40. The van der Waals surface area contributed by atoms with Crippen molar-refractivity contribution in [2.24, 2.45) is 5.92 Å². The molecule has 0 spiro atoms. The van der Waals surface area contributed by atoms with Crippen molar-refractivity contribution in [2.75, 3.05) is 26.4 Å². The van der Waals surface area contributed by atoms with Gasteiger partial charge < -0.3 is 30.7 Å². The second-order valence-corrected chi connectivity index (χ2v) is 11.9. The minimum absolute atomic E-state index is 0.286. The van der Waals surface area contributed by atoms with Crippen LogP contribution >= 0.6 is 0 Å². The van der Waals surface area contributed by atoms with E-state index in [0.717, 1.165) is 19.3 Å². The van der Waals surface area contributed by atoms with Crippen LogP contribution in [0.4, 0.5) is 13.6 Å². The summed E-state index contributed by atoms with van der Waals surface area (Å²) in [4.78, 5) is 54.1. The third kappa shape index (κ3) is 7.89. The van der Waals surface area contributed by atoms with Gasteiger partial charge in [-0.3, -0.25) is 14.4 Å². The molecule has 2 heterocycles. The van der Waals surface area contributed by atoms with Crippen LogP contribution < -0.4 is 16.0 Å². The number of alkyl carbamates (subject to hydrolysis) is 1. The predicted octanol–water partition coefficient (Wildman–Crippen LogP) is 2.05. The standard InChI is InChI=1S/C27H42F2N4O6/c1-25(2,3)39-24(37)31-19-11-8-6-4-5-7-10-18-14-27(18,23(36)30-17-26(38,15-28)16-29)32-21(34)20-12-9-13-33(20)22(19)35/h7,10,18-20,38H,4-6,8-9,11-17H2,1-3H3,(H,30,36)(H,31,37)(H,32,34)/b10-7-/t18-,19+,20+,27-/m1/s1. The summed E-state index contributed by atoms with van der Waals surface area (Å²) < 4.78 is 31.5. The maximum atomic E-state index is 13.6. The lowest BCUT2D eigenvalue weighted by Gasteiger charge is -2.31. The van der Waals surface area contributed by atoms with Crippen molar-refractivity contribution < 1.29 is 37.8 Å². The van der Waals surface area contributed by atoms with Gasteiger partial charge in [0.05, 0.1) is 6.54 Å². The van der Waals surface area contributed by atoms with Gasteiger partial charge in [-0.1, -0.05) is 25.0 Å². The summed E-state index contributed by atoms with van der Waals surface area (Å²) >= 11 is 0. The van der Waals surface area contributed by atoms with E-state index in [0.29, 0.717) is 32.2 Å². The lowest BCUT2D eigenvalue weighted by atomic mass is 10.0. The Hall–Kier alpha value is -2.76. The number of amides is 4. The minimum Gasteiger partial charge on any atom is -0.444 e. The summed E-state index contributed by atoms with van der Waals surface area (Å²) in [5, 5.41) is 17.8. The first-order valence-electron chi connectivity index (χ1n) is 13.8. The molecule has 1 aliphatic carbocycles. The number of ether oxygens (including phenoxy) is 1. The maximum Gasteiger partial charge on any atom is 0.408 e. The largest absolute Gasteiger partial charge is 0.444 e. The molecule has 3 aliphatic rings. The van der Waals surface area contributed by atoms with Gasteiger partial charge in [-0.05, 0) is 59.3 Å². The topological polar surface area (TPSA) is 137 Å². The van der Waals surface area contributed by atoms with Crippen LogP contribution in [0, 0.1) is 5.92 Å². The van der Waals surface area contributed by atoms with Crippen molar-refractivity contribution in [3.63, 3.8) is 0 Å². The summed E-state index contributed by atoms with van der Waals surface area (Å²) in [5.41, 5.74) is -4.41. The summed E-state index contributed by atoms with van der Waals surface area (Å²) in [6.45, 7) is 2.13. The Kier molecular flexibility index (Phi) is 9.95. The van der Waals surface area contributed by atoms with Crippen LogP contribution in [-0.4, -0.2) is 89.1 Å². The number of hydrogen-bond donors (Lipinski definition) is 4. The predicted molar refractivity (Wildman–Crippen MR) is 139 cm³/mol. The van der Waals surface area contributed by atoms with Gasteiger partial charge in [-0.2, -0.15) is 0 Å². The number of halogens is 2. The zero-order chi connectivity index (χ0) is 28.8. The van der Waals surface area contributed by atoms with E-state index in [4.69, 9.17) is 4.74 Å². The van der Waals surface area contributed by atoms with Gasteiger partial charge in [0.1, 0.15) is 42.2 Å². The van der Waals surface area contributed by atoms with Gasteiger partial charge in [0.15, 0.2) is 0 Å². The lowest BCUT2D eigenvalue weighted by molar-refractivity contribution is -0.141. The number of rotatable bonds is 6. The van der Waals surface area contributed by atoms with Gasteiger partial charge in [0.25, 0.3) is 0 Å². The van der Waals surface area contributed by atoms with Crippen LogP contribution in [0.2, 0.25) is 0 Å². The lowest BCUT2D eigenvalue weighted by Crippen LogP contribution is -2.59. The van der Waals surface area contributed by atoms with Crippen molar-refractivity contribution in [2.45, 2.75) is 101 Å². The molecule has 0 aromatic rings. The number of nitrogens with zero attached hydrogens (tertiary/aromatic N) is 1. The third-order valence-corrected chi connectivity index (χ3v) is 7.40. The highest BCUT2D eigenvalue weighted by Crippen LogP contribution is 2.45. The molecule has 10 nitrogen and oxygen atoms in total. The molecule has 39 heavy (non-hydrogen) atoms. The molecule has 2 fully saturated rings. The Morgan fingerprint density at radius 2 is 1.87 bits per heavy atom. The highest BCUT2D eigenvalue weighted by atomic mass is 19.1. The van der Waals surface area contributed by atoms with Gasteiger partial charge >= 0.3 is 6.09 Å². The summed E-state index contributed by atoms with van der Waals surface area (Å²) in [6, 6.07) is -1.70. The normalized spacial score (nSPS) is 29.2. The van der Waals surface area contributed by atoms with E-state index in [2.05, 4.69) is 16.0 Å². The Labute approximate surface area is 228 Å². The van der Waals surface area contributed by atoms with E-state index in [-0.39, 0.29) is 18.2 Å². The Balaban J connectivity index is 1.80. The fourth-order valence-electron chi connectivity index (χ4n) is 5.08. The molecule has 1 saturated carbocycles. The average molecular weight is 557 g/mol. The minimum atomic E-state index is -2.33. The summed E-state index contributed by atoms with van der Waals surface area (Å²) in [7, 11) is 0. The monoisotopic (exact) mass is 556 g/mol. The van der Waals surface area contributed by atoms with Crippen LogP contribution in [0.5, 0.6) is 0 Å². The number of fused-ring (bicyclic) bond motifs is 2. The Morgan fingerprint density at radius 1 is 1.15 bits per heavy atom. The van der Waals surface area contributed by atoms with E-state index >= 15 is 0 Å². The molecule has 0 aromatic carbocycles. The Bertz CT molecular complexity index is 951. The average Bonchev–Trinajstić information content (AvgIpc) is 3.33. The molecule has 4 atom stereocenters. The Morgan fingerprint density at radius 3 is 2.54 bits per heavy atom. The smallest absolute Gasteiger partial charge is 0.408 e. The molecular formula is C27H42F2N4O6. The van der Waals surface area contributed by atoms with Crippen molar-refractivity contribution in [1.82, 2.24) is 20.9 Å². The van der Waals surface area contributed by atoms with Crippen LogP contribution in [0.1, 0.15) is 72.1 Å². The van der Waals surface area contributed by atoms with Crippen LogP contribution in [0.25, 0.3) is 0 Å². The van der Waals surface area contributed by atoms with E-state index in [9.17, 15) is 33.1 Å². The fraction of sp³-hybridized carbons (Fsp3) is 0.778. The van der Waals surface area contributed by atoms with Gasteiger partial charge in [-0.15, -0.1) is 0 Å². The first-order valence-corrected chi connectivity index (χ1v) is 13.8. The van der Waals surface area contributed by atoms with Gasteiger partial charge in [0, 0.05) is 12.5 Å². The maximum absolute atomic E-state index is 13.6. The van der Waals surface area contributed by atoms with Crippen LogP contribution in [0.15, 0.2) is 12.2 Å². The van der Waals surface area contributed by atoms with Crippen molar-refractivity contribution in [3.05, 3.63) is 12.2 Å². The molecule has 4 amide bonds. The number of hydrogen-bond acceptors (Lipinski definition) is 6. The van der Waals surface area contributed by atoms with E-state index in [1.807, 2.05) is 12.2 Å². The zero-order valence-electron chi connectivity index (χ0n) is 23.1. The molecule has 0 unspecified atom stereocenters. The van der Waals surface area contributed by atoms with E-state index < -0.39 is 66.6 Å².